The number of nitrogens with one attached hydrogen (secondary N) is 2. The predicted octanol–water partition coefficient (Wildman–Crippen LogP) is 1.75. The summed E-state index contributed by atoms with van der Waals surface area (Å²) in [5, 5.41) is 6.40. The van der Waals surface area contributed by atoms with Crippen molar-refractivity contribution < 1.29 is 4.79 Å². The fourth-order valence-electron chi connectivity index (χ4n) is 2.67. The zero-order valence-corrected chi connectivity index (χ0v) is 11.3. The van der Waals surface area contributed by atoms with Crippen LogP contribution in [0.3, 0.4) is 0 Å². The lowest BCUT2D eigenvalue weighted by atomic mass is 9.73. The van der Waals surface area contributed by atoms with Gasteiger partial charge in [-0.1, -0.05) is 29.8 Å². The lowest BCUT2D eigenvalue weighted by molar-refractivity contribution is -0.119. The van der Waals surface area contributed by atoms with Gasteiger partial charge in [0.05, 0.1) is 0 Å². The summed E-state index contributed by atoms with van der Waals surface area (Å²) >= 11 is 0. The predicted molar refractivity (Wildman–Crippen MR) is 73.6 cm³/mol. The monoisotopic (exact) mass is 246 g/mol. The quantitative estimate of drug-likeness (QED) is 0.853. The first-order valence-corrected chi connectivity index (χ1v) is 6.65. The molecule has 1 fully saturated rings. The van der Waals surface area contributed by atoms with Crippen molar-refractivity contribution in [2.24, 2.45) is 0 Å². The summed E-state index contributed by atoms with van der Waals surface area (Å²) in [6.07, 6.45) is 2.16. The number of hydrogen-bond donors (Lipinski definition) is 2. The molecule has 3 heteroatoms. The molecule has 0 radical (unpaired) electrons. The second kappa shape index (κ2) is 5.53. The van der Waals surface area contributed by atoms with E-state index >= 15 is 0 Å². The molecule has 2 N–H and O–H groups in total. The smallest absolute Gasteiger partial charge is 0.216 e. The number of benzene rings is 1. The first kappa shape index (κ1) is 13.1. The third-order valence-electron chi connectivity index (χ3n) is 3.90. The molecule has 1 aromatic rings. The summed E-state index contributed by atoms with van der Waals surface area (Å²) in [6, 6.07) is 8.74. The summed E-state index contributed by atoms with van der Waals surface area (Å²) in [7, 11) is 0. The van der Waals surface area contributed by atoms with Crippen molar-refractivity contribution >= 4 is 5.91 Å². The molecule has 1 aromatic carbocycles. The van der Waals surface area contributed by atoms with Gasteiger partial charge in [-0.15, -0.1) is 0 Å². The van der Waals surface area contributed by atoms with Gasteiger partial charge < -0.3 is 10.6 Å². The van der Waals surface area contributed by atoms with Gasteiger partial charge in [-0.2, -0.15) is 0 Å². The van der Waals surface area contributed by atoms with Gasteiger partial charge in [0.25, 0.3) is 0 Å². The molecular weight excluding hydrogens is 224 g/mol. The van der Waals surface area contributed by atoms with Crippen LogP contribution in [0.1, 0.15) is 30.9 Å². The van der Waals surface area contributed by atoms with Gasteiger partial charge in [-0.25, -0.2) is 0 Å². The van der Waals surface area contributed by atoms with Crippen LogP contribution in [-0.2, 0) is 10.2 Å². The highest BCUT2D eigenvalue weighted by atomic mass is 16.1. The molecule has 0 aliphatic carbocycles. The molecule has 3 nitrogen and oxygen atoms in total. The van der Waals surface area contributed by atoms with Gasteiger partial charge in [0.1, 0.15) is 0 Å². The minimum atomic E-state index is 0.0556. The molecule has 0 aromatic heterocycles. The van der Waals surface area contributed by atoms with Gasteiger partial charge in [0.15, 0.2) is 0 Å². The molecular formula is C15H22N2O. The average molecular weight is 246 g/mol. The number of rotatable bonds is 3. The van der Waals surface area contributed by atoms with E-state index in [1.807, 2.05) is 0 Å². The third-order valence-corrected chi connectivity index (χ3v) is 3.90. The first-order chi connectivity index (χ1) is 8.62. The first-order valence-electron chi connectivity index (χ1n) is 6.65. The molecule has 1 amide bonds. The van der Waals surface area contributed by atoms with Crippen molar-refractivity contribution in [3.8, 4) is 0 Å². The Bertz CT molecular complexity index is 405. The Morgan fingerprint density at radius 1 is 1.28 bits per heavy atom. The van der Waals surface area contributed by atoms with E-state index in [4.69, 9.17) is 0 Å². The number of piperidine rings is 1. The van der Waals surface area contributed by atoms with E-state index in [0.717, 1.165) is 32.5 Å². The lowest BCUT2D eigenvalue weighted by Crippen LogP contribution is -2.47. The molecule has 18 heavy (non-hydrogen) atoms. The standard InChI is InChI=1S/C15H22N2O/c1-12-3-5-14(6-4-12)15(11-17-13(2)18)7-9-16-10-8-15/h3-6,16H,7-11H2,1-2H3,(H,17,18). The van der Waals surface area contributed by atoms with Crippen LogP contribution in [0.25, 0.3) is 0 Å². The second-order valence-electron chi connectivity index (χ2n) is 5.31. The van der Waals surface area contributed by atoms with E-state index in [9.17, 15) is 4.79 Å². The SMILES string of the molecule is CC(=O)NCC1(c2ccc(C)cc2)CCNCC1. The fourth-order valence-corrected chi connectivity index (χ4v) is 2.67. The van der Waals surface area contributed by atoms with Crippen molar-refractivity contribution in [1.82, 2.24) is 10.6 Å². The van der Waals surface area contributed by atoms with Gasteiger partial charge in [0, 0.05) is 18.9 Å². The van der Waals surface area contributed by atoms with Crippen LogP contribution in [-0.4, -0.2) is 25.5 Å². The maximum Gasteiger partial charge on any atom is 0.216 e. The van der Waals surface area contributed by atoms with Crippen LogP contribution in [0.2, 0.25) is 0 Å². The fraction of sp³-hybridized carbons (Fsp3) is 0.533. The summed E-state index contributed by atoms with van der Waals surface area (Å²) in [6.45, 7) is 6.48. The summed E-state index contributed by atoms with van der Waals surface area (Å²) in [5.74, 6) is 0.0556. The van der Waals surface area contributed by atoms with E-state index in [2.05, 4.69) is 41.8 Å². The van der Waals surface area contributed by atoms with E-state index in [0.29, 0.717) is 0 Å². The van der Waals surface area contributed by atoms with Crippen molar-refractivity contribution in [3.63, 3.8) is 0 Å². The summed E-state index contributed by atoms with van der Waals surface area (Å²) in [5.41, 5.74) is 2.73. The number of carbonyl (C=O) groups excluding carboxylic acids is 1. The second-order valence-corrected chi connectivity index (χ2v) is 5.31. The van der Waals surface area contributed by atoms with Gasteiger partial charge in [0.2, 0.25) is 5.91 Å². The Hall–Kier alpha value is -1.35. The largest absolute Gasteiger partial charge is 0.355 e. The Kier molecular flexibility index (Phi) is 4.02. The van der Waals surface area contributed by atoms with E-state index < -0.39 is 0 Å². The molecule has 0 bridgehead atoms. The molecule has 0 unspecified atom stereocenters. The maximum atomic E-state index is 11.2. The minimum absolute atomic E-state index is 0.0556. The van der Waals surface area contributed by atoms with Crippen LogP contribution < -0.4 is 10.6 Å². The van der Waals surface area contributed by atoms with Gasteiger partial charge in [-0.05, 0) is 38.4 Å². The topological polar surface area (TPSA) is 41.1 Å². The zero-order valence-electron chi connectivity index (χ0n) is 11.3. The third kappa shape index (κ3) is 2.91. The molecule has 0 spiro atoms. The Balaban J connectivity index is 2.22. The molecule has 1 saturated heterocycles. The van der Waals surface area contributed by atoms with Gasteiger partial charge >= 0.3 is 0 Å². The molecule has 98 valence electrons. The minimum Gasteiger partial charge on any atom is -0.355 e. The number of hydrogen-bond acceptors (Lipinski definition) is 2. The van der Waals surface area contributed by atoms with Crippen LogP contribution >= 0.6 is 0 Å². The summed E-state index contributed by atoms with van der Waals surface area (Å²) in [4.78, 5) is 11.2. The van der Waals surface area contributed by atoms with E-state index in [-0.39, 0.29) is 11.3 Å². The zero-order chi connectivity index (χ0) is 13.0. The van der Waals surface area contributed by atoms with Crippen molar-refractivity contribution in [3.05, 3.63) is 35.4 Å². The molecule has 1 aliphatic heterocycles. The molecule has 0 saturated carbocycles. The van der Waals surface area contributed by atoms with Crippen LogP contribution in [0, 0.1) is 6.92 Å². The van der Waals surface area contributed by atoms with Crippen LogP contribution in [0.4, 0.5) is 0 Å². The Labute approximate surface area is 109 Å². The highest BCUT2D eigenvalue weighted by molar-refractivity contribution is 5.73. The lowest BCUT2D eigenvalue weighted by Gasteiger charge is -2.38. The number of aryl methyl sites for hydroxylation is 1. The van der Waals surface area contributed by atoms with Crippen molar-refractivity contribution in [2.75, 3.05) is 19.6 Å². The molecule has 1 heterocycles. The van der Waals surface area contributed by atoms with Crippen LogP contribution in [0.15, 0.2) is 24.3 Å². The Morgan fingerprint density at radius 2 is 1.89 bits per heavy atom. The highest BCUT2D eigenvalue weighted by Gasteiger charge is 2.33. The number of carbonyl (C=O) groups is 1. The van der Waals surface area contributed by atoms with E-state index in [1.165, 1.54) is 11.1 Å². The maximum absolute atomic E-state index is 11.2. The van der Waals surface area contributed by atoms with Crippen molar-refractivity contribution in [1.29, 1.82) is 0 Å². The Morgan fingerprint density at radius 3 is 2.44 bits per heavy atom. The number of amides is 1. The van der Waals surface area contributed by atoms with Crippen molar-refractivity contribution in [2.45, 2.75) is 32.1 Å². The normalized spacial score (nSPS) is 18.3. The molecule has 1 aliphatic rings. The molecule has 2 rings (SSSR count). The molecule has 0 atom stereocenters. The van der Waals surface area contributed by atoms with E-state index in [1.54, 1.807) is 6.92 Å². The summed E-state index contributed by atoms with van der Waals surface area (Å²) < 4.78 is 0. The average Bonchev–Trinajstić information content (AvgIpc) is 2.38. The van der Waals surface area contributed by atoms with Gasteiger partial charge in [-0.3, -0.25) is 4.79 Å². The van der Waals surface area contributed by atoms with Crippen LogP contribution in [0.5, 0.6) is 0 Å². The highest BCUT2D eigenvalue weighted by Crippen LogP contribution is 2.33.